The van der Waals surface area contributed by atoms with Gasteiger partial charge in [-0.15, -0.1) is 0 Å². The van der Waals surface area contributed by atoms with Crippen molar-refractivity contribution in [3.05, 3.63) is 22.9 Å². The van der Waals surface area contributed by atoms with Gasteiger partial charge < -0.3 is 10.0 Å². The average molecular weight is 208 g/mol. The molecule has 15 heavy (non-hydrogen) atoms. The molecule has 0 spiro atoms. The summed E-state index contributed by atoms with van der Waals surface area (Å²) in [7, 11) is 2.00. The Bertz CT molecular complexity index is 348. The van der Waals surface area contributed by atoms with Gasteiger partial charge in [-0.2, -0.15) is 0 Å². The fourth-order valence-electron chi connectivity index (χ4n) is 1.58. The molecule has 84 valence electrons. The molecule has 0 aromatic carbocycles. The minimum absolute atomic E-state index is 0.0471. The number of anilines is 1. The van der Waals surface area contributed by atoms with Crippen LogP contribution in [0.3, 0.4) is 0 Å². The van der Waals surface area contributed by atoms with Crippen molar-refractivity contribution in [2.75, 3.05) is 11.9 Å². The van der Waals surface area contributed by atoms with Crippen molar-refractivity contribution in [3.63, 3.8) is 0 Å². The number of hydrogen-bond acceptors (Lipinski definition) is 3. The maximum Gasteiger partial charge on any atom is 0.134 e. The molecule has 0 bridgehead atoms. The lowest BCUT2D eigenvalue weighted by atomic mass is 10.1. The molecule has 0 saturated heterocycles. The highest BCUT2D eigenvalue weighted by Gasteiger charge is 2.13. The lowest BCUT2D eigenvalue weighted by Crippen LogP contribution is -2.28. The molecule has 3 nitrogen and oxygen atoms in total. The Balaban J connectivity index is 3.26. The molecule has 0 fully saturated rings. The molecular weight excluding hydrogens is 188 g/mol. The SMILES string of the molecule is Cc1cc(C)c(CO)c(N(C)C(C)C)n1. The summed E-state index contributed by atoms with van der Waals surface area (Å²) in [6, 6.07) is 2.38. The van der Waals surface area contributed by atoms with Gasteiger partial charge in [0, 0.05) is 24.3 Å². The Hall–Kier alpha value is -1.09. The first-order valence-electron chi connectivity index (χ1n) is 5.28. The van der Waals surface area contributed by atoms with E-state index in [2.05, 4.69) is 23.7 Å². The van der Waals surface area contributed by atoms with Gasteiger partial charge in [0.25, 0.3) is 0 Å². The predicted octanol–water partition coefficient (Wildman–Crippen LogP) is 2.04. The summed E-state index contributed by atoms with van der Waals surface area (Å²) >= 11 is 0. The number of aryl methyl sites for hydroxylation is 2. The summed E-state index contributed by atoms with van der Waals surface area (Å²) < 4.78 is 0. The molecule has 0 atom stereocenters. The molecule has 1 N–H and O–H groups in total. The molecule has 1 rings (SSSR count). The van der Waals surface area contributed by atoms with Crippen molar-refractivity contribution >= 4 is 5.82 Å². The third-order valence-corrected chi connectivity index (χ3v) is 2.72. The third kappa shape index (κ3) is 2.48. The first-order chi connectivity index (χ1) is 6.97. The van der Waals surface area contributed by atoms with Crippen LogP contribution in [0.1, 0.15) is 30.7 Å². The van der Waals surface area contributed by atoms with Gasteiger partial charge in [0.2, 0.25) is 0 Å². The van der Waals surface area contributed by atoms with Crippen LogP contribution in [0.4, 0.5) is 5.82 Å². The molecule has 1 heterocycles. The summed E-state index contributed by atoms with van der Waals surface area (Å²) in [5.41, 5.74) is 3.02. The first-order valence-corrected chi connectivity index (χ1v) is 5.28. The highest BCUT2D eigenvalue weighted by Crippen LogP contribution is 2.22. The van der Waals surface area contributed by atoms with Crippen molar-refractivity contribution in [1.29, 1.82) is 0 Å². The number of pyridine rings is 1. The van der Waals surface area contributed by atoms with E-state index in [1.807, 2.05) is 27.0 Å². The van der Waals surface area contributed by atoms with E-state index in [9.17, 15) is 5.11 Å². The zero-order chi connectivity index (χ0) is 11.6. The maximum absolute atomic E-state index is 9.35. The van der Waals surface area contributed by atoms with E-state index in [4.69, 9.17) is 0 Å². The molecule has 1 aromatic rings. The van der Waals surface area contributed by atoms with Crippen LogP contribution in [-0.4, -0.2) is 23.2 Å². The second kappa shape index (κ2) is 4.62. The topological polar surface area (TPSA) is 36.4 Å². The zero-order valence-electron chi connectivity index (χ0n) is 10.2. The molecule has 0 aliphatic carbocycles. The fraction of sp³-hybridized carbons (Fsp3) is 0.583. The number of aromatic nitrogens is 1. The standard InChI is InChI=1S/C12H20N2O/c1-8(2)14(5)12-11(7-15)9(3)6-10(4)13-12/h6,8,15H,7H2,1-5H3. The van der Waals surface area contributed by atoms with Crippen molar-refractivity contribution in [1.82, 2.24) is 4.98 Å². The van der Waals surface area contributed by atoms with Crippen molar-refractivity contribution in [2.24, 2.45) is 0 Å². The summed E-state index contributed by atoms with van der Waals surface area (Å²) in [5, 5.41) is 9.35. The first kappa shape index (κ1) is 12.0. The quantitative estimate of drug-likeness (QED) is 0.825. The van der Waals surface area contributed by atoms with Crippen LogP contribution >= 0.6 is 0 Å². The second-order valence-corrected chi connectivity index (χ2v) is 4.25. The van der Waals surface area contributed by atoms with Crippen molar-refractivity contribution in [2.45, 2.75) is 40.3 Å². The van der Waals surface area contributed by atoms with E-state index in [1.54, 1.807) is 0 Å². The molecule has 0 amide bonds. The van der Waals surface area contributed by atoms with Gasteiger partial charge in [-0.1, -0.05) is 0 Å². The number of aliphatic hydroxyl groups is 1. The highest BCUT2D eigenvalue weighted by molar-refractivity contribution is 5.51. The van der Waals surface area contributed by atoms with E-state index < -0.39 is 0 Å². The number of rotatable bonds is 3. The van der Waals surface area contributed by atoms with Crippen molar-refractivity contribution < 1.29 is 5.11 Å². The van der Waals surface area contributed by atoms with Gasteiger partial charge in [0.15, 0.2) is 0 Å². The monoisotopic (exact) mass is 208 g/mol. The van der Waals surface area contributed by atoms with E-state index in [1.165, 1.54) is 0 Å². The average Bonchev–Trinajstić information content (AvgIpc) is 2.15. The summed E-state index contributed by atoms with van der Waals surface area (Å²) in [5.74, 6) is 0.894. The van der Waals surface area contributed by atoms with E-state index in [0.717, 1.165) is 22.6 Å². The van der Waals surface area contributed by atoms with Crippen LogP contribution in [0.25, 0.3) is 0 Å². The highest BCUT2D eigenvalue weighted by atomic mass is 16.3. The van der Waals surface area contributed by atoms with E-state index >= 15 is 0 Å². The largest absolute Gasteiger partial charge is 0.392 e. The van der Waals surface area contributed by atoms with Crippen LogP contribution in [0.5, 0.6) is 0 Å². The molecule has 0 saturated carbocycles. The van der Waals surface area contributed by atoms with Gasteiger partial charge in [-0.25, -0.2) is 4.98 Å². The molecule has 0 aliphatic rings. The zero-order valence-corrected chi connectivity index (χ0v) is 10.2. The molecule has 3 heteroatoms. The normalized spacial score (nSPS) is 10.9. The van der Waals surface area contributed by atoms with E-state index in [0.29, 0.717) is 6.04 Å². The number of hydrogen-bond donors (Lipinski definition) is 1. The fourth-order valence-corrected chi connectivity index (χ4v) is 1.58. The summed E-state index contributed by atoms with van der Waals surface area (Å²) in [6.45, 7) is 8.26. The Kier molecular flexibility index (Phi) is 3.69. The predicted molar refractivity (Wildman–Crippen MR) is 63.2 cm³/mol. The molecule has 0 radical (unpaired) electrons. The van der Waals surface area contributed by atoms with Gasteiger partial charge in [-0.05, 0) is 39.3 Å². The third-order valence-electron chi connectivity index (χ3n) is 2.72. The lowest BCUT2D eigenvalue weighted by molar-refractivity contribution is 0.280. The summed E-state index contributed by atoms with van der Waals surface area (Å²) in [4.78, 5) is 6.58. The Morgan fingerprint density at radius 2 is 2.00 bits per heavy atom. The lowest BCUT2D eigenvalue weighted by Gasteiger charge is -2.26. The minimum atomic E-state index is 0.0471. The van der Waals surface area contributed by atoms with Crippen LogP contribution in [0.15, 0.2) is 6.07 Å². The molecule has 1 aromatic heterocycles. The van der Waals surface area contributed by atoms with Gasteiger partial charge in [0.05, 0.1) is 6.61 Å². The Labute approximate surface area is 91.8 Å². The van der Waals surface area contributed by atoms with Crippen LogP contribution < -0.4 is 4.90 Å². The van der Waals surface area contributed by atoms with Crippen LogP contribution in [0.2, 0.25) is 0 Å². The second-order valence-electron chi connectivity index (χ2n) is 4.25. The smallest absolute Gasteiger partial charge is 0.134 e. The molecule has 0 aliphatic heterocycles. The Morgan fingerprint density at radius 1 is 1.40 bits per heavy atom. The van der Waals surface area contributed by atoms with Gasteiger partial charge >= 0.3 is 0 Å². The van der Waals surface area contributed by atoms with Gasteiger partial charge in [0.1, 0.15) is 5.82 Å². The molecule has 0 unspecified atom stereocenters. The Morgan fingerprint density at radius 3 is 2.47 bits per heavy atom. The maximum atomic E-state index is 9.35. The van der Waals surface area contributed by atoms with Gasteiger partial charge in [-0.3, -0.25) is 0 Å². The minimum Gasteiger partial charge on any atom is -0.392 e. The number of aliphatic hydroxyl groups excluding tert-OH is 1. The number of nitrogens with zero attached hydrogens (tertiary/aromatic N) is 2. The van der Waals surface area contributed by atoms with Crippen LogP contribution in [-0.2, 0) is 6.61 Å². The summed E-state index contributed by atoms with van der Waals surface area (Å²) in [6.07, 6.45) is 0. The van der Waals surface area contributed by atoms with Crippen LogP contribution in [0, 0.1) is 13.8 Å². The molecular formula is C12H20N2O. The van der Waals surface area contributed by atoms with E-state index in [-0.39, 0.29) is 6.61 Å². The van der Waals surface area contributed by atoms with Crippen molar-refractivity contribution in [3.8, 4) is 0 Å².